The molecule has 0 unspecified atom stereocenters. The first-order valence-corrected chi connectivity index (χ1v) is 5.85. The normalized spacial score (nSPS) is 10.6. The summed E-state index contributed by atoms with van der Waals surface area (Å²) in [5.74, 6) is 0. The molecule has 0 fully saturated rings. The maximum atomic E-state index is 10.0. The topological polar surface area (TPSA) is 39.7 Å². The summed E-state index contributed by atoms with van der Waals surface area (Å²) in [5.41, 5.74) is 1.03. The van der Waals surface area contributed by atoms with E-state index < -0.39 is 0 Å². The molecule has 0 spiro atoms. The van der Waals surface area contributed by atoms with Gasteiger partial charge in [0, 0.05) is 0 Å². The zero-order valence-electron chi connectivity index (χ0n) is 9.06. The summed E-state index contributed by atoms with van der Waals surface area (Å²) < 4.78 is 0. The average Bonchev–Trinajstić information content (AvgIpc) is 2.16. The molecule has 80 valence electrons. The molecule has 0 aromatic heterocycles. The second-order valence-electron chi connectivity index (χ2n) is 3.78. The Hall–Kier alpha value is -0.0800. The van der Waals surface area contributed by atoms with Gasteiger partial charge in [-0.05, 0) is 12.8 Å². The molecule has 13 heavy (non-hydrogen) atoms. The molecule has 0 aliphatic rings. The zero-order valence-corrected chi connectivity index (χ0v) is 9.06. The lowest BCUT2D eigenvalue weighted by atomic mass is 10.1. The Morgan fingerprint density at radius 3 is 1.69 bits per heavy atom. The first kappa shape index (κ1) is 12.9. The van der Waals surface area contributed by atoms with Gasteiger partial charge in [0.1, 0.15) is 0 Å². The van der Waals surface area contributed by atoms with Crippen LogP contribution in [-0.4, -0.2) is 6.54 Å². The molecular weight excluding hydrogens is 162 g/mol. The molecule has 0 rings (SSSR count). The minimum Gasteiger partial charge on any atom is -0.636 e. The highest BCUT2D eigenvalue weighted by Crippen LogP contribution is 2.08. The fourth-order valence-electron chi connectivity index (χ4n) is 1.54. The molecular formula is C11H25NO. The van der Waals surface area contributed by atoms with Crippen LogP contribution in [0.1, 0.15) is 64.7 Å². The van der Waals surface area contributed by atoms with Crippen LogP contribution in [0.15, 0.2) is 0 Å². The predicted molar refractivity (Wildman–Crippen MR) is 57.4 cm³/mol. The van der Waals surface area contributed by atoms with Gasteiger partial charge in [-0.25, -0.2) is 0 Å². The van der Waals surface area contributed by atoms with E-state index in [1.165, 1.54) is 51.4 Å². The average molecular weight is 187 g/mol. The summed E-state index contributed by atoms with van der Waals surface area (Å²) in [6, 6.07) is 0. The molecule has 0 aliphatic heterocycles. The quantitative estimate of drug-likeness (QED) is 0.414. The third kappa shape index (κ3) is 11.9. The molecule has 0 aliphatic carbocycles. The number of hydrogen-bond donors (Lipinski definition) is 1. The van der Waals surface area contributed by atoms with Gasteiger partial charge in [-0.2, -0.15) is 0 Å². The molecule has 0 atom stereocenters. The van der Waals surface area contributed by atoms with Crippen LogP contribution in [0.2, 0.25) is 0 Å². The lowest BCUT2D eigenvalue weighted by Crippen LogP contribution is -2.77. The van der Waals surface area contributed by atoms with Gasteiger partial charge in [0.05, 0.1) is 6.54 Å². The monoisotopic (exact) mass is 187 g/mol. The smallest absolute Gasteiger partial charge is 0.0752 e. The standard InChI is InChI=1S/C11H25NO/c1-2-3-4-5-6-7-8-9-10-11-12-13/h2-12H2,1H3. The van der Waals surface area contributed by atoms with E-state index in [1.54, 1.807) is 0 Å². The van der Waals surface area contributed by atoms with E-state index in [9.17, 15) is 5.21 Å². The SMILES string of the molecule is CCCCCCCCCCC[NH2+][O-]. The summed E-state index contributed by atoms with van der Waals surface area (Å²) in [7, 11) is 0. The van der Waals surface area contributed by atoms with Gasteiger partial charge in [0.2, 0.25) is 0 Å². The number of hydrogen-bond acceptors (Lipinski definition) is 1. The minimum absolute atomic E-state index is 0.760. The largest absolute Gasteiger partial charge is 0.636 e. The number of rotatable bonds is 10. The number of nitrogens with two attached hydrogens (primary N) is 1. The maximum absolute atomic E-state index is 10.0. The first-order chi connectivity index (χ1) is 6.41. The van der Waals surface area contributed by atoms with Crippen molar-refractivity contribution in [3.63, 3.8) is 0 Å². The van der Waals surface area contributed by atoms with E-state index in [-0.39, 0.29) is 0 Å². The Balaban J connectivity index is 2.76. The zero-order chi connectivity index (χ0) is 9.78. The lowest BCUT2D eigenvalue weighted by Gasteiger charge is -2.02. The van der Waals surface area contributed by atoms with Crippen molar-refractivity contribution in [2.24, 2.45) is 0 Å². The van der Waals surface area contributed by atoms with Crippen LogP contribution in [0.3, 0.4) is 0 Å². The maximum Gasteiger partial charge on any atom is 0.0752 e. The molecule has 0 bridgehead atoms. The predicted octanol–water partition coefficient (Wildman–Crippen LogP) is 2.58. The van der Waals surface area contributed by atoms with Crippen molar-refractivity contribution in [3.05, 3.63) is 5.21 Å². The van der Waals surface area contributed by atoms with Crippen LogP contribution in [0.25, 0.3) is 0 Å². The number of hydroxylamine groups is 1. The van der Waals surface area contributed by atoms with Crippen molar-refractivity contribution in [2.75, 3.05) is 6.54 Å². The van der Waals surface area contributed by atoms with Crippen LogP contribution in [0, 0.1) is 5.21 Å². The van der Waals surface area contributed by atoms with E-state index in [0.717, 1.165) is 18.4 Å². The Labute approximate surface area is 82.7 Å². The Morgan fingerprint density at radius 2 is 1.23 bits per heavy atom. The third-order valence-corrected chi connectivity index (χ3v) is 2.43. The Morgan fingerprint density at radius 1 is 0.769 bits per heavy atom. The van der Waals surface area contributed by atoms with E-state index >= 15 is 0 Å². The second kappa shape index (κ2) is 11.9. The third-order valence-electron chi connectivity index (χ3n) is 2.43. The van der Waals surface area contributed by atoms with Gasteiger partial charge in [-0.1, -0.05) is 51.9 Å². The van der Waals surface area contributed by atoms with E-state index in [2.05, 4.69) is 6.92 Å². The highest BCUT2D eigenvalue weighted by molar-refractivity contribution is 4.45. The second-order valence-corrected chi connectivity index (χ2v) is 3.78. The van der Waals surface area contributed by atoms with Gasteiger partial charge >= 0.3 is 0 Å². The van der Waals surface area contributed by atoms with E-state index in [4.69, 9.17) is 0 Å². The molecule has 0 saturated heterocycles. The van der Waals surface area contributed by atoms with Gasteiger partial charge < -0.3 is 10.7 Å². The molecule has 2 N–H and O–H groups in total. The van der Waals surface area contributed by atoms with Crippen molar-refractivity contribution >= 4 is 0 Å². The Bertz CT molecular complexity index is 76.2. The number of quaternary nitrogens is 1. The van der Waals surface area contributed by atoms with Crippen molar-refractivity contribution in [3.8, 4) is 0 Å². The first-order valence-electron chi connectivity index (χ1n) is 5.85. The highest BCUT2D eigenvalue weighted by Gasteiger charge is 1.91. The van der Waals surface area contributed by atoms with Crippen molar-refractivity contribution < 1.29 is 5.48 Å². The summed E-state index contributed by atoms with van der Waals surface area (Å²) in [6.07, 6.45) is 11.9. The fourth-order valence-corrected chi connectivity index (χ4v) is 1.54. The van der Waals surface area contributed by atoms with Crippen LogP contribution >= 0.6 is 0 Å². The van der Waals surface area contributed by atoms with Gasteiger partial charge in [-0.3, -0.25) is 0 Å². The summed E-state index contributed by atoms with van der Waals surface area (Å²) in [5, 5.41) is 10.0. The van der Waals surface area contributed by atoms with Crippen LogP contribution < -0.4 is 5.48 Å². The van der Waals surface area contributed by atoms with Crippen molar-refractivity contribution in [1.29, 1.82) is 0 Å². The summed E-state index contributed by atoms with van der Waals surface area (Å²) in [4.78, 5) is 0. The molecule has 0 aromatic carbocycles. The fraction of sp³-hybridized carbons (Fsp3) is 1.00. The number of unbranched alkanes of at least 4 members (excludes halogenated alkanes) is 8. The molecule has 0 amide bonds. The van der Waals surface area contributed by atoms with Crippen molar-refractivity contribution in [1.82, 2.24) is 0 Å². The van der Waals surface area contributed by atoms with Crippen molar-refractivity contribution in [2.45, 2.75) is 64.7 Å². The van der Waals surface area contributed by atoms with Crippen LogP contribution in [0.5, 0.6) is 0 Å². The van der Waals surface area contributed by atoms with Gasteiger partial charge in [0.15, 0.2) is 0 Å². The molecule has 0 aromatic rings. The van der Waals surface area contributed by atoms with Crippen LogP contribution in [0.4, 0.5) is 0 Å². The molecule has 0 heterocycles. The molecule has 0 saturated carbocycles. The molecule has 0 radical (unpaired) electrons. The Kier molecular flexibility index (Phi) is 11.8. The minimum atomic E-state index is 0.760. The highest BCUT2D eigenvalue weighted by atomic mass is 16.5. The van der Waals surface area contributed by atoms with E-state index in [1.807, 2.05) is 0 Å². The van der Waals surface area contributed by atoms with Gasteiger partial charge in [0.25, 0.3) is 0 Å². The molecule has 2 heteroatoms. The summed E-state index contributed by atoms with van der Waals surface area (Å²) in [6.45, 7) is 3.01. The lowest BCUT2D eigenvalue weighted by molar-refractivity contribution is -0.589. The van der Waals surface area contributed by atoms with E-state index in [0.29, 0.717) is 0 Å². The van der Waals surface area contributed by atoms with Crippen LogP contribution in [-0.2, 0) is 0 Å². The summed E-state index contributed by atoms with van der Waals surface area (Å²) >= 11 is 0. The molecule has 2 nitrogen and oxygen atoms in total. The van der Waals surface area contributed by atoms with Gasteiger partial charge in [-0.15, -0.1) is 0 Å².